The second kappa shape index (κ2) is 6.42. The molecule has 0 unspecified atom stereocenters. The lowest BCUT2D eigenvalue weighted by Gasteiger charge is -2.20. The third-order valence-corrected chi connectivity index (χ3v) is 2.93. The maximum absolute atomic E-state index is 11.4. The Bertz CT molecular complexity index is 257. The Hall–Kier alpha value is -0.170. The van der Waals surface area contributed by atoms with Gasteiger partial charge in [-0.2, -0.15) is 13.1 Å². The standard InChI is InChI=1S/C9H23N3O2S/c1-5-6-10-7-8-11-15(13,14)12-9(2,3)4/h10-12H,5-8H2,1-4H3. The molecular weight excluding hydrogens is 214 g/mol. The summed E-state index contributed by atoms with van der Waals surface area (Å²) < 4.78 is 27.9. The highest BCUT2D eigenvalue weighted by Crippen LogP contribution is 1.99. The summed E-state index contributed by atoms with van der Waals surface area (Å²) in [5.41, 5.74) is -0.442. The number of hydrogen-bond acceptors (Lipinski definition) is 3. The lowest BCUT2D eigenvalue weighted by Crippen LogP contribution is -2.48. The Kier molecular flexibility index (Phi) is 6.35. The highest BCUT2D eigenvalue weighted by Gasteiger charge is 2.18. The predicted molar refractivity (Wildman–Crippen MR) is 63.0 cm³/mol. The topological polar surface area (TPSA) is 70.2 Å². The van der Waals surface area contributed by atoms with Crippen molar-refractivity contribution in [2.75, 3.05) is 19.6 Å². The quantitative estimate of drug-likeness (QED) is 0.554. The van der Waals surface area contributed by atoms with Gasteiger partial charge in [-0.15, -0.1) is 0 Å². The second-order valence-electron chi connectivity index (χ2n) is 4.50. The highest BCUT2D eigenvalue weighted by atomic mass is 32.2. The van der Waals surface area contributed by atoms with Crippen LogP contribution in [0.25, 0.3) is 0 Å². The largest absolute Gasteiger partial charge is 0.315 e. The molecule has 3 N–H and O–H groups in total. The summed E-state index contributed by atoms with van der Waals surface area (Å²) in [5, 5.41) is 3.12. The van der Waals surface area contributed by atoms with Crippen molar-refractivity contribution in [1.82, 2.24) is 14.8 Å². The molecule has 5 nitrogen and oxygen atoms in total. The van der Waals surface area contributed by atoms with Crippen LogP contribution >= 0.6 is 0 Å². The summed E-state index contributed by atoms with van der Waals surface area (Å²) >= 11 is 0. The van der Waals surface area contributed by atoms with Crippen LogP contribution in [0.2, 0.25) is 0 Å². The van der Waals surface area contributed by atoms with Crippen LogP contribution in [0.15, 0.2) is 0 Å². The van der Waals surface area contributed by atoms with Crippen LogP contribution in [0, 0.1) is 0 Å². The average Bonchev–Trinajstić information content (AvgIpc) is 1.99. The molecule has 0 radical (unpaired) electrons. The van der Waals surface area contributed by atoms with Crippen molar-refractivity contribution in [1.29, 1.82) is 0 Å². The van der Waals surface area contributed by atoms with E-state index >= 15 is 0 Å². The summed E-state index contributed by atoms with van der Waals surface area (Å²) in [4.78, 5) is 0. The van der Waals surface area contributed by atoms with E-state index in [9.17, 15) is 8.42 Å². The first-order chi connectivity index (χ1) is 6.77. The zero-order valence-corrected chi connectivity index (χ0v) is 10.9. The molecule has 0 aliphatic rings. The van der Waals surface area contributed by atoms with Gasteiger partial charge in [-0.25, -0.2) is 4.72 Å². The predicted octanol–water partition coefficient (Wildman–Crippen LogP) is 0.209. The molecule has 0 aromatic carbocycles. The molecule has 0 aliphatic heterocycles. The summed E-state index contributed by atoms with van der Waals surface area (Å²) in [6.07, 6.45) is 1.05. The molecule has 6 heteroatoms. The zero-order valence-electron chi connectivity index (χ0n) is 10.1. The van der Waals surface area contributed by atoms with E-state index in [2.05, 4.69) is 21.7 Å². The minimum atomic E-state index is -3.37. The number of hydrogen-bond donors (Lipinski definition) is 3. The molecular formula is C9H23N3O2S. The second-order valence-corrected chi connectivity index (χ2v) is 6.00. The summed E-state index contributed by atoms with van der Waals surface area (Å²) in [5.74, 6) is 0. The van der Waals surface area contributed by atoms with Gasteiger partial charge in [-0.05, 0) is 33.7 Å². The Labute approximate surface area is 93.2 Å². The Balaban J connectivity index is 3.76. The summed E-state index contributed by atoms with van der Waals surface area (Å²) in [7, 11) is -3.37. The van der Waals surface area contributed by atoms with Crippen molar-refractivity contribution >= 4 is 10.2 Å². The van der Waals surface area contributed by atoms with Crippen molar-refractivity contribution in [2.24, 2.45) is 0 Å². The molecule has 0 saturated heterocycles. The minimum Gasteiger partial charge on any atom is -0.315 e. The molecule has 0 heterocycles. The molecule has 0 aromatic rings. The molecule has 0 rings (SSSR count). The molecule has 0 spiro atoms. The van der Waals surface area contributed by atoms with Gasteiger partial charge in [0.1, 0.15) is 0 Å². The van der Waals surface area contributed by atoms with E-state index < -0.39 is 15.7 Å². The number of nitrogens with one attached hydrogen (secondary N) is 3. The van der Waals surface area contributed by atoms with Gasteiger partial charge in [0.05, 0.1) is 0 Å². The normalized spacial score (nSPS) is 13.1. The lowest BCUT2D eigenvalue weighted by molar-refractivity contribution is 0.483. The molecule has 92 valence electrons. The SMILES string of the molecule is CCCNCCNS(=O)(=O)NC(C)(C)C. The lowest BCUT2D eigenvalue weighted by atomic mass is 10.1. The van der Waals surface area contributed by atoms with E-state index in [0.29, 0.717) is 13.1 Å². The van der Waals surface area contributed by atoms with E-state index in [1.54, 1.807) is 0 Å². The van der Waals surface area contributed by atoms with Crippen molar-refractivity contribution in [3.63, 3.8) is 0 Å². The van der Waals surface area contributed by atoms with Crippen LogP contribution in [0.3, 0.4) is 0 Å². The van der Waals surface area contributed by atoms with Crippen molar-refractivity contribution in [3.8, 4) is 0 Å². The van der Waals surface area contributed by atoms with Gasteiger partial charge in [0.2, 0.25) is 0 Å². The van der Waals surface area contributed by atoms with E-state index in [1.807, 2.05) is 20.8 Å². The first-order valence-electron chi connectivity index (χ1n) is 5.26. The van der Waals surface area contributed by atoms with E-state index in [-0.39, 0.29) is 0 Å². The van der Waals surface area contributed by atoms with Crippen LogP contribution in [-0.4, -0.2) is 33.6 Å². The third-order valence-electron chi connectivity index (χ3n) is 1.46. The molecule has 0 atom stereocenters. The first-order valence-corrected chi connectivity index (χ1v) is 6.74. The Morgan fingerprint density at radius 1 is 1.07 bits per heavy atom. The minimum absolute atomic E-state index is 0.408. The number of rotatable bonds is 7. The smallest absolute Gasteiger partial charge is 0.277 e. The van der Waals surface area contributed by atoms with Gasteiger partial charge in [0, 0.05) is 18.6 Å². The van der Waals surface area contributed by atoms with Gasteiger partial charge in [-0.3, -0.25) is 0 Å². The van der Waals surface area contributed by atoms with Crippen LogP contribution in [-0.2, 0) is 10.2 Å². The van der Waals surface area contributed by atoms with Crippen molar-refractivity contribution in [2.45, 2.75) is 39.7 Å². The highest BCUT2D eigenvalue weighted by molar-refractivity contribution is 7.87. The van der Waals surface area contributed by atoms with Crippen molar-refractivity contribution in [3.05, 3.63) is 0 Å². The van der Waals surface area contributed by atoms with Gasteiger partial charge < -0.3 is 5.32 Å². The monoisotopic (exact) mass is 237 g/mol. The molecule has 0 bridgehead atoms. The van der Waals surface area contributed by atoms with Gasteiger partial charge in [0.25, 0.3) is 10.2 Å². The van der Waals surface area contributed by atoms with Gasteiger partial charge in [-0.1, -0.05) is 6.92 Å². The summed E-state index contributed by atoms with van der Waals surface area (Å²) in [6, 6.07) is 0. The molecule has 15 heavy (non-hydrogen) atoms. The molecule has 0 saturated carbocycles. The maximum atomic E-state index is 11.4. The summed E-state index contributed by atoms with van der Waals surface area (Å²) in [6.45, 7) is 9.46. The fraction of sp³-hybridized carbons (Fsp3) is 1.00. The van der Waals surface area contributed by atoms with E-state index in [1.165, 1.54) is 0 Å². The first kappa shape index (κ1) is 14.8. The van der Waals surface area contributed by atoms with Gasteiger partial charge >= 0.3 is 0 Å². The Morgan fingerprint density at radius 3 is 2.13 bits per heavy atom. The third kappa shape index (κ3) is 10.1. The van der Waals surface area contributed by atoms with Gasteiger partial charge in [0.15, 0.2) is 0 Å². The van der Waals surface area contributed by atoms with Crippen LogP contribution in [0.1, 0.15) is 34.1 Å². The molecule has 0 aliphatic carbocycles. The maximum Gasteiger partial charge on any atom is 0.277 e. The van der Waals surface area contributed by atoms with E-state index in [4.69, 9.17) is 0 Å². The average molecular weight is 237 g/mol. The van der Waals surface area contributed by atoms with Crippen molar-refractivity contribution < 1.29 is 8.42 Å². The van der Waals surface area contributed by atoms with Crippen LogP contribution < -0.4 is 14.8 Å². The zero-order chi connectivity index (χ0) is 11.9. The fourth-order valence-corrected chi connectivity index (χ4v) is 2.26. The van der Waals surface area contributed by atoms with E-state index in [0.717, 1.165) is 13.0 Å². The Morgan fingerprint density at radius 2 is 1.67 bits per heavy atom. The molecule has 0 aromatic heterocycles. The van der Waals surface area contributed by atoms with Crippen LogP contribution in [0.5, 0.6) is 0 Å². The van der Waals surface area contributed by atoms with Crippen LogP contribution in [0.4, 0.5) is 0 Å². The fourth-order valence-electron chi connectivity index (χ4n) is 1.01. The molecule has 0 fully saturated rings. The molecule has 0 amide bonds.